The molecule has 0 bridgehead atoms. The lowest BCUT2D eigenvalue weighted by atomic mass is 10.1. The van der Waals surface area contributed by atoms with Gasteiger partial charge in [0.15, 0.2) is 5.79 Å². The van der Waals surface area contributed by atoms with Crippen LogP contribution in [-0.4, -0.2) is 30.9 Å². The summed E-state index contributed by atoms with van der Waals surface area (Å²) in [4.78, 5) is 10.3. The van der Waals surface area contributed by atoms with Gasteiger partial charge in [-0.25, -0.2) is 0 Å². The van der Waals surface area contributed by atoms with Crippen LogP contribution in [0.3, 0.4) is 0 Å². The maximum atomic E-state index is 10.3. The number of aldehydes is 1. The summed E-state index contributed by atoms with van der Waals surface area (Å²) in [6.07, 6.45) is 7.14. The minimum Gasteiger partial charge on any atom is -0.374 e. The summed E-state index contributed by atoms with van der Waals surface area (Å²) in [7, 11) is 0. The molecule has 0 unspecified atom stereocenters. The summed E-state index contributed by atoms with van der Waals surface area (Å²) >= 11 is 0. The molecule has 1 aromatic rings. The van der Waals surface area contributed by atoms with E-state index in [1.54, 1.807) is 0 Å². The van der Waals surface area contributed by atoms with Crippen LogP contribution < -0.4 is 0 Å². The second-order valence-electron chi connectivity index (χ2n) is 6.17. The minimum atomic E-state index is -0.599. The predicted molar refractivity (Wildman–Crippen MR) is 89.0 cm³/mol. The van der Waals surface area contributed by atoms with Crippen molar-refractivity contribution in [2.75, 3.05) is 6.61 Å². The molecule has 1 aliphatic rings. The molecular weight excluding hydrogens is 292 g/mol. The van der Waals surface area contributed by atoms with Gasteiger partial charge in [0.05, 0.1) is 13.2 Å². The van der Waals surface area contributed by atoms with Crippen molar-refractivity contribution in [3.8, 4) is 0 Å². The summed E-state index contributed by atoms with van der Waals surface area (Å²) in [6, 6.07) is 10.1. The zero-order chi connectivity index (χ0) is 16.5. The summed E-state index contributed by atoms with van der Waals surface area (Å²) < 4.78 is 17.6. The van der Waals surface area contributed by atoms with E-state index in [4.69, 9.17) is 14.2 Å². The Hall–Kier alpha value is -1.49. The highest BCUT2D eigenvalue weighted by Crippen LogP contribution is 2.29. The van der Waals surface area contributed by atoms with Crippen molar-refractivity contribution in [1.29, 1.82) is 0 Å². The van der Waals surface area contributed by atoms with E-state index in [0.29, 0.717) is 19.6 Å². The van der Waals surface area contributed by atoms with E-state index < -0.39 is 5.79 Å². The van der Waals surface area contributed by atoms with Crippen molar-refractivity contribution in [3.05, 3.63) is 48.0 Å². The van der Waals surface area contributed by atoms with Gasteiger partial charge < -0.3 is 19.0 Å². The molecule has 1 aliphatic heterocycles. The van der Waals surface area contributed by atoms with Gasteiger partial charge in [0, 0.05) is 6.42 Å². The number of ether oxygens (including phenoxy) is 3. The Morgan fingerprint density at radius 2 is 1.96 bits per heavy atom. The van der Waals surface area contributed by atoms with Gasteiger partial charge in [-0.15, -0.1) is 0 Å². The fraction of sp³-hybridized carbons (Fsp3) is 0.526. The predicted octanol–water partition coefficient (Wildman–Crippen LogP) is 3.65. The Labute approximate surface area is 138 Å². The van der Waals surface area contributed by atoms with E-state index in [9.17, 15) is 4.79 Å². The van der Waals surface area contributed by atoms with Crippen LogP contribution in [0.1, 0.15) is 38.7 Å². The zero-order valence-electron chi connectivity index (χ0n) is 13.9. The van der Waals surface area contributed by atoms with Crippen LogP contribution in [0.4, 0.5) is 0 Å². The average Bonchev–Trinajstić information content (AvgIpc) is 2.82. The van der Waals surface area contributed by atoms with E-state index in [1.165, 1.54) is 0 Å². The first-order chi connectivity index (χ1) is 11.1. The topological polar surface area (TPSA) is 44.8 Å². The third-order valence-corrected chi connectivity index (χ3v) is 3.63. The highest BCUT2D eigenvalue weighted by molar-refractivity contribution is 5.49. The van der Waals surface area contributed by atoms with Crippen molar-refractivity contribution in [1.82, 2.24) is 0 Å². The van der Waals surface area contributed by atoms with Crippen molar-refractivity contribution in [2.24, 2.45) is 0 Å². The van der Waals surface area contributed by atoms with Gasteiger partial charge in [-0.05, 0) is 32.3 Å². The van der Waals surface area contributed by atoms with Crippen molar-refractivity contribution in [3.63, 3.8) is 0 Å². The SMILES string of the molecule is CC1(C)O[C@@H](/C=C/CCCC=O)[C@H](COCc2ccccc2)O1. The molecule has 4 nitrogen and oxygen atoms in total. The largest absolute Gasteiger partial charge is 0.374 e. The van der Waals surface area contributed by atoms with E-state index in [1.807, 2.05) is 50.3 Å². The number of carbonyl (C=O) groups excluding carboxylic acids is 1. The molecule has 1 fully saturated rings. The summed E-state index contributed by atoms with van der Waals surface area (Å²) in [6.45, 7) is 4.88. The molecule has 0 N–H and O–H groups in total. The fourth-order valence-electron chi connectivity index (χ4n) is 2.57. The molecule has 0 aliphatic carbocycles. The first-order valence-corrected chi connectivity index (χ1v) is 8.18. The molecule has 1 saturated heterocycles. The van der Waals surface area contributed by atoms with E-state index in [2.05, 4.69) is 6.08 Å². The van der Waals surface area contributed by atoms with Gasteiger partial charge in [0.1, 0.15) is 18.5 Å². The van der Waals surface area contributed by atoms with Crippen molar-refractivity contribution in [2.45, 2.75) is 57.7 Å². The van der Waals surface area contributed by atoms with Crippen LogP contribution >= 0.6 is 0 Å². The van der Waals surface area contributed by atoms with Gasteiger partial charge in [-0.2, -0.15) is 0 Å². The molecule has 126 valence electrons. The lowest BCUT2D eigenvalue weighted by molar-refractivity contribution is -0.148. The third-order valence-electron chi connectivity index (χ3n) is 3.63. The smallest absolute Gasteiger partial charge is 0.164 e. The summed E-state index contributed by atoms with van der Waals surface area (Å²) in [5, 5.41) is 0. The lowest BCUT2D eigenvalue weighted by Gasteiger charge is -2.16. The molecule has 0 saturated carbocycles. The molecule has 1 aromatic carbocycles. The molecule has 1 heterocycles. The number of hydrogen-bond acceptors (Lipinski definition) is 4. The molecule has 0 radical (unpaired) electrons. The van der Waals surface area contributed by atoms with Crippen LogP contribution in [0.15, 0.2) is 42.5 Å². The molecule has 2 rings (SSSR count). The second-order valence-corrected chi connectivity index (χ2v) is 6.17. The van der Waals surface area contributed by atoms with E-state index >= 15 is 0 Å². The first-order valence-electron chi connectivity index (χ1n) is 8.18. The Balaban J connectivity index is 1.80. The fourth-order valence-corrected chi connectivity index (χ4v) is 2.57. The molecule has 0 spiro atoms. The number of allylic oxidation sites excluding steroid dienone is 1. The van der Waals surface area contributed by atoms with Crippen LogP contribution in [-0.2, 0) is 25.6 Å². The van der Waals surface area contributed by atoms with E-state index in [0.717, 1.165) is 24.7 Å². The van der Waals surface area contributed by atoms with Crippen molar-refractivity contribution < 1.29 is 19.0 Å². The Morgan fingerprint density at radius 1 is 1.17 bits per heavy atom. The monoisotopic (exact) mass is 318 g/mol. The number of rotatable bonds is 9. The number of carbonyl (C=O) groups is 1. The minimum absolute atomic E-state index is 0.114. The Kier molecular flexibility index (Phi) is 6.96. The van der Waals surface area contributed by atoms with E-state index in [-0.39, 0.29) is 12.2 Å². The number of benzene rings is 1. The van der Waals surface area contributed by atoms with Gasteiger partial charge in [-0.1, -0.05) is 42.5 Å². The lowest BCUT2D eigenvalue weighted by Crippen LogP contribution is -2.26. The van der Waals surface area contributed by atoms with Gasteiger partial charge in [0.25, 0.3) is 0 Å². The zero-order valence-corrected chi connectivity index (χ0v) is 13.9. The average molecular weight is 318 g/mol. The van der Waals surface area contributed by atoms with Gasteiger partial charge in [0.2, 0.25) is 0 Å². The normalized spacial score (nSPS) is 23.4. The van der Waals surface area contributed by atoms with Crippen LogP contribution in [0, 0.1) is 0 Å². The molecule has 23 heavy (non-hydrogen) atoms. The van der Waals surface area contributed by atoms with Gasteiger partial charge >= 0.3 is 0 Å². The molecule has 4 heteroatoms. The summed E-state index contributed by atoms with van der Waals surface area (Å²) in [5.74, 6) is -0.599. The number of unbranched alkanes of at least 4 members (excludes halogenated alkanes) is 2. The van der Waals surface area contributed by atoms with Crippen molar-refractivity contribution >= 4 is 6.29 Å². The number of hydrogen-bond donors (Lipinski definition) is 0. The quantitative estimate of drug-likeness (QED) is 0.396. The highest BCUT2D eigenvalue weighted by Gasteiger charge is 2.39. The van der Waals surface area contributed by atoms with Crippen LogP contribution in [0.25, 0.3) is 0 Å². The highest BCUT2D eigenvalue weighted by atomic mass is 16.8. The standard InChI is InChI=1S/C19H26O4/c1-19(2)22-17(12-8-3-4-9-13-20)18(23-19)15-21-14-16-10-6-5-7-11-16/h5-8,10-13,17-18H,3-4,9,14-15H2,1-2H3/b12-8+/t17-,18-/m0/s1. The molecule has 0 amide bonds. The summed E-state index contributed by atoms with van der Waals surface area (Å²) in [5.41, 5.74) is 1.15. The van der Waals surface area contributed by atoms with Gasteiger partial charge in [-0.3, -0.25) is 0 Å². The molecular formula is C19H26O4. The van der Waals surface area contributed by atoms with Crippen LogP contribution in [0.5, 0.6) is 0 Å². The third kappa shape index (κ3) is 6.26. The van der Waals surface area contributed by atoms with Crippen LogP contribution in [0.2, 0.25) is 0 Å². The maximum absolute atomic E-state index is 10.3. The molecule has 0 aromatic heterocycles. The second kappa shape index (κ2) is 8.96. The Morgan fingerprint density at radius 3 is 2.70 bits per heavy atom. The molecule has 2 atom stereocenters. The Bertz CT molecular complexity index is 495. The first kappa shape index (κ1) is 17.9. The maximum Gasteiger partial charge on any atom is 0.164 e.